The minimum atomic E-state index is -1.69. The van der Waals surface area contributed by atoms with E-state index in [1.807, 2.05) is 0 Å². The second kappa shape index (κ2) is 10.5. The van der Waals surface area contributed by atoms with Crippen molar-refractivity contribution in [3.63, 3.8) is 0 Å². The lowest BCUT2D eigenvalue weighted by Gasteiger charge is -2.61. The molecule has 11 atom stereocenters. The zero-order chi connectivity index (χ0) is 29.9. The molecule has 1 spiro atoms. The SMILES string of the molecule is C=C1CC[C@H](OC(C)=O)[C@@]2(C)[C@H]1[C@H](OC(C)=O)[C@]13O[C@@H](C(=C)[C@H](Cl)[C@@H]1OC(=O)[C@@H]3C)[C@@H](OC(C)=O)[C@@H]2OC(C)=O. The van der Waals surface area contributed by atoms with Crippen LogP contribution in [0.4, 0.5) is 0 Å². The molecule has 1 saturated carbocycles. The maximum absolute atomic E-state index is 13.1. The summed E-state index contributed by atoms with van der Waals surface area (Å²) in [4.78, 5) is 63.2. The highest BCUT2D eigenvalue weighted by Gasteiger charge is 2.75. The van der Waals surface area contributed by atoms with Crippen molar-refractivity contribution in [2.45, 2.75) is 102 Å². The minimum absolute atomic E-state index is 0.204. The molecular formula is C28H35ClO11. The molecule has 4 aliphatic rings. The van der Waals surface area contributed by atoms with Crippen LogP contribution in [0, 0.1) is 17.3 Å². The summed E-state index contributed by atoms with van der Waals surface area (Å²) in [6.07, 6.45) is -6.58. The first kappa shape index (κ1) is 30.0. The van der Waals surface area contributed by atoms with Gasteiger partial charge in [0.05, 0.1) is 16.7 Å². The number of alkyl halides is 1. The standard InChI is InChI=1S/C28H35ClO11/c1-11-9-10-18(35-14(4)30)27(8)19(11)23(37-16(6)32)28-13(3)26(34)39-24(28)20(29)12(2)21(40-28)22(36-15(5)31)25(27)38-17(7)33/h13,18-25H,1-2,9-10H2,3-8H3/t13-,18-,19+,20-,21-,22+,23-,24-,25-,27-,28-/m0/s1. The Labute approximate surface area is 237 Å². The molecule has 0 unspecified atom stereocenters. The van der Waals surface area contributed by atoms with Gasteiger partial charge in [0.15, 0.2) is 23.9 Å². The molecular weight excluding hydrogens is 548 g/mol. The molecule has 1 aliphatic carbocycles. The fourth-order valence-corrected chi connectivity index (χ4v) is 7.49. The first-order valence-corrected chi connectivity index (χ1v) is 13.6. The van der Waals surface area contributed by atoms with Crippen molar-refractivity contribution in [1.29, 1.82) is 0 Å². The van der Waals surface area contributed by atoms with E-state index < -0.39 is 94.7 Å². The first-order valence-electron chi connectivity index (χ1n) is 13.1. The zero-order valence-corrected chi connectivity index (χ0v) is 24.1. The molecule has 4 fully saturated rings. The van der Waals surface area contributed by atoms with Crippen LogP contribution in [0.5, 0.6) is 0 Å². The number of hydrogen-bond acceptors (Lipinski definition) is 11. The molecule has 40 heavy (non-hydrogen) atoms. The van der Waals surface area contributed by atoms with Gasteiger partial charge in [-0.25, -0.2) is 0 Å². The Kier molecular flexibility index (Phi) is 7.87. The predicted octanol–water partition coefficient (Wildman–Crippen LogP) is 2.56. The molecule has 0 aromatic rings. The van der Waals surface area contributed by atoms with E-state index in [-0.39, 0.29) is 12.0 Å². The van der Waals surface area contributed by atoms with Crippen molar-refractivity contribution in [1.82, 2.24) is 0 Å². The quantitative estimate of drug-likeness (QED) is 0.209. The molecule has 220 valence electrons. The largest absolute Gasteiger partial charge is 0.462 e. The smallest absolute Gasteiger partial charge is 0.312 e. The number of rotatable bonds is 4. The minimum Gasteiger partial charge on any atom is -0.462 e. The van der Waals surface area contributed by atoms with Gasteiger partial charge >= 0.3 is 29.8 Å². The lowest BCUT2D eigenvalue weighted by molar-refractivity contribution is -0.294. The fourth-order valence-electron chi connectivity index (χ4n) is 7.12. The Balaban J connectivity index is 2.11. The molecule has 11 nitrogen and oxygen atoms in total. The third kappa shape index (κ3) is 4.51. The Bertz CT molecular complexity index is 1160. The molecule has 3 heterocycles. The van der Waals surface area contributed by atoms with E-state index in [2.05, 4.69) is 13.2 Å². The highest BCUT2D eigenvalue weighted by molar-refractivity contribution is 6.23. The summed E-state index contributed by atoms with van der Waals surface area (Å²) < 4.78 is 36.0. The maximum Gasteiger partial charge on any atom is 0.312 e. The van der Waals surface area contributed by atoms with Crippen LogP contribution in [0.3, 0.4) is 0 Å². The van der Waals surface area contributed by atoms with E-state index in [0.29, 0.717) is 12.0 Å². The van der Waals surface area contributed by atoms with Crippen LogP contribution in [0.25, 0.3) is 0 Å². The number of halogens is 1. The fraction of sp³-hybridized carbons (Fsp3) is 0.679. The normalized spacial score (nSPS) is 42.3. The lowest BCUT2D eigenvalue weighted by Crippen LogP contribution is -2.75. The summed E-state index contributed by atoms with van der Waals surface area (Å²) >= 11 is 6.89. The summed E-state index contributed by atoms with van der Waals surface area (Å²) in [7, 11) is 0. The van der Waals surface area contributed by atoms with Gasteiger partial charge in [0.25, 0.3) is 0 Å². The third-order valence-electron chi connectivity index (χ3n) is 8.72. The van der Waals surface area contributed by atoms with Crippen LogP contribution in [-0.2, 0) is 52.4 Å². The maximum atomic E-state index is 13.1. The summed E-state index contributed by atoms with van der Waals surface area (Å²) in [6, 6.07) is 0. The molecule has 0 aromatic heterocycles. The number of hydrogen-bond donors (Lipinski definition) is 0. The summed E-state index contributed by atoms with van der Waals surface area (Å²) in [5, 5.41) is -1.05. The number of carbonyl (C=O) groups excluding carboxylic acids is 5. The Hall–Kier alpha value is -2.92. The number of esters is 5. The van der Waals surface area contributed by atoms with E-state index in [9.17, 15) is 24.0 Å². The molecule has 0 radical (unpaired) electrons. The lowest BCUT2D eigenvalue weighted by atomic mass is 9.53. The highest BCUT2D eigenvalue weighted by atomic mass is 35.5. The average molecular weight is 583 g/mol. The van der Waals surface area contributed by atoms with Crippen molar-refractivity contribution in [2.24, 2.45) is 17.3 Å². The van der Waals surface area contributed by atoms with Gasteiger partial charge in [0, 0.05) is 33.6 Å². The second-order valence-electron chi connectivity index (χ2n) is 11.2. The van der Waals surface area contributed by atoms with E-state index in [1.165, 1.54) is 27.7 Å². The Morgan fingerprint density at radius 1 is 0.925 bits per heavy atom. The first-order chi connectivity index (χ1) is 18.6. The van der Waals surface area contributed by atoms with Crippen molar-refractivity contribution in [3.05, 3.63) is 24.3 Å². The Morgan fingerprint density at radius 2 is 1.48 bits per heavy atom. The van der Waals surface area contributed by atoms with Gasteiger partial charge < -0.3 is 28.4 Å². The van der Waals surface area contributed by atoms with E-state index in [1.54, 1.807) is 13.8 Å². The van der Waals surface area contributed by atoms with Crippen LogP contribution >= 0.6 is 11.6 Å². The summed E-state index contributed by atoms with van der Waals surface area (Å²) in [6.45, 7) is 16.4. The third-order valence-corrected chi connectivity index (χ3v) is 9.23. The molecule has 3 saturated heterocycles. The second-order valence-corrected chi connectivity index (χ2v) is 11.7. The Morgan fingerprint density at radius 3 is 2.02 bits per heavy atom. The van der Waals surface area contributed by atoms with Gasteiger partial charge in [-0.1, -0.05) is 25.7 Å². The van der Waals surface area contributed by atoms with Crippen LogP contribution in [0.1, 0.15) is 54.4 Å². The zero-order valence-electron chi connectivity index (χ0n) is 23.4. The van der Waals surface area contributed by atoms with E-state index in [4.69, 9.17) is 40.0 Å². The van der Waals surface area contributed by atoms with Crippen molar-refractivity contribution >= 4 is 41.4 Å². The van der Waals surface area contributed by atoms with E-state index >= 15 is 0 Å². The summed E-state index contributed by atoms with van der Waals surface area (Å²) in [5.41, 5.74) is -2.33. The van der Waals surface area contributed by atoms with Crippen LogP contribution < -0.4 is 0 Å². The van der Waals surface area contributed by atoms with Gasteiger partial charge in [-0.3, -0.25) is 24.0 Å². The number of carbonyl (C=O) groups is 5. The van der Waals surface area contributed by atoms with E-state index in [0.717, 1.165) is 0 Å². The summed E-state index contributed by atoms with van der Waals surface area (Å²) in [5.74, 6) is -5.30. The molecule has 0 amide bonds. The molecule has 12 heteroatoms. The predicted molar refractivity (Wildman–Crippen MR) is 138 cm³/mol. The monoisotopic (exact) mass is 582 g/mol. The molecule has 0 N–H and O–H groups in total. The number of fused-ring (bicyclic) bond motifs is 2. The van der Waals surface area contributed by atoms with Gasteiger partial charge in [-0.2, -0.15) is 0 Å². The molecule has 2 bridgehead atoms. The van der Waals surface area contributed by atoms with Gasteiger partial charge in [-0.05, 0) is 25.3 Å². The number of ether oxygens (including phenoxy) is 6. The van der Waals surface area contributed by atoms with Crippen molar-refractivity contribution < 1.29 is 52.4 Å². The molecule has 4 rings (SSSR count). The average Bonchev–Trinajstić information content (AvgIpc) is 3.09. The molecule has 3 aliphatic heterocycles. The van der Waals surface area contributed by atoms with Crippen molar-refractivity contribution in [3.8, 4) is 0 Å². The van der Waals surface area contributed by atoms with Crippen molar-refractivity contribution in [2.75, 3.05) is 0 Å². The molecule has 0 aromatic carbocycles. The van der Waals surface area contributed by atoms with Gasteiger partial charge in [-0.15, -0.1) is 11.6 Å². The highest BCUT2D eigenvalue weighted by Crippen LogP contribution is 2.61. The van der Waals surface area contributed by atoms with Gasteiger partial charge in [0.2, 0.25) is 0 Å². The van der Waals surface area contributed by atoms with Crippen LogP contribution in [0.15, 0.2) is 24.3 Å². The topological polar surface area (TPSA) is 141 Å². The van der Waals surface area contributed by atoms with Crippen LogP contribution in [0.2, 0.25) is 0 Å². The van der Waals surface area contributed by atoms with Gasteiger partial charge in [0.1, 0.15) is 18.3 Å². The van der Waals surface area contributed by atoms with Crippen LogP contribution in [-0.4, -0.2) is 77.4 Å².